The Balaban J connectivity index is 2.79. The molecule has 0 fully saturated rings. The molecule has 8 heteroatoms. The maximum absolute atomic E-state index is 11.9. The molecule has 0 unspecified atom stereocenters. The highest BCUT2D eigenvalue weighted by Crippen LogP contribution is 2.10. The number of ether oxygens (including phenoxy) is 1. The number of pyridine rings is 1. The standard InChI is InChI=1S/C12H16N2O5S/c1-2-19-6-5-14-20(17,18)11-7-10(8-13-9-11)3-4-12(15)16/h3-4,7-9,14H,2,5-6H2,1H3,(H,15,16). The summed E-state index contributed by atoms with van der Waals surface area (Å²) in [6.07, 6.45) is 4.75. The van der Waals surface area contributed by atoms with Crippen molar-refractivity contribution < 1.29 is 23.1 Å². The summed E-state index contributed by atoms with van der Waals surface area (Å²) in [5.41, 5.74) is 0.389. The molecule has 0 amide bonds. The Morgan fingerprint density at radius 3 is 2.90 bits per heavy atom. The number of sulfonamides is 1. The first-order valence-electron chi connectivity index (χ1n) is 5.89. The van der Waals surface area contributed by atoms with E-state index in [0.717, 1.165) is 6.08 Å². The smallest absolute Gasteiger partial charge is 0.328 e. The third-order valence-corrected chi connectivity index (χ3v) is 3.63. The maximum Gasteiger partial charge on any atom is 0.328 e. The van der Waals surface area contributed by atoms with Gasteiger partial charge < -0.3 is 9.84 Å². The van der Waals surface area contributed by atoms with E-state index >= 15 is 0 Å². The average Bonchev–Trinajstić information content (AvgIpc) is 2.42. The number of nitrogens with zero attached hydrogens (tertiary/aromatic N) is 1. The van der Waals surface area contributed by atoms with E-state index in [1.165, 1.54) is 24.5 Å². The first-order chi connectivity index (χ1) is 9.45. The lowest BCUT2D eigenvalue weighted by Crippen LogP contribution is -2.27. The molecule has 0 bridgehead atoms. The van der Waals surface area contributed by atoms with Gasteiger partial charge in [-0.05, 0) is 24.6 Å². The second kappa shape index (κ2) is 7.73. The van der Waals surface area contributed by atoms with Crippen molar-refractivity contribution in [1.29, 1.82) is 0 Å². The third-order valence-electron chi connectivity index (χ3n) is 2.21. The van der Waals surface area contributed by atoms with Crippen molar-refractivity contribution in [3.8, 4) is 0 Å². The van der Waals surface area contributed by atoms with E-state index in [0.29, 0.717) is 12.2 Å². The zero-order valence-electron chi connectivity index (χ0n) is 10.9. The Labute approximate surface area is 117 Å². The Hall–Kier alpha value is -1.77. The molecule has 1 rings (SSSR count). The number of carbonyl (C=O) groups is 1. The Bertz CT molecular complexity index is 583. The molecule has 0 radical (unpaired) electrons. The minimum absolute atomic E-state index is 0.0264. The van der Waals surface area contributed by atoms with Gasteiger partial charge in [-0.2, -0.15) is 0 Å². The van der Waals surface area contributed by atoms with Crippen molar-refractivity contribution in [2.45, 2.75) is 11.8 Å². The van der Waals surface area contributed by atoms with Gasteiger partial charge in [-0.1, -0.05) is 0 Å². The topological polar surface area (TPSA) is 106 Å². The van der Waals surface area contributed by atoms with Gasteiger partial charge in [0.05, 0.1) is 6.61 Å². The molecule has 0 aliphatic carbocycles. The van der Waals surface area contributed by atoms with Gasteiger partial charge in [0.15, 0.2) is 0 Å². The lowest BCUT2D eigenvalue weighted by Gasteiger charge is -2.06. The van der Waals surface area contributed by atoms with E-state index in [1.807, 2.05) is 6.92 Å². The number of hydrogen-bond donors (Lipinski definition) is 2. The van der Waals surface area contributed by atoms with Crippen molar-refractivity contribution in [2.75, 3.05) is 19.8 Å². The highest BCUT2D eigenvalue weighted by molar-refractivity contribution is 7.89. The summed E-state index contributed by atoms with van der Waals surface area (Å²) in [6.45, 7) is 2.77. The SMILES string of the molecule is CCOCCNS(=O)(=O)c1cncc(C=CC(=O)O)c1. The maximum atomic E-state index is 11.9. The summed E-state index contributed by atoms with van der Waals surface area (Å²) in [6, 6.07) is 1.34. The fraction of sp³-hybridized carbons (Fsp3) is 0.333. The van der Waals surface area contributed by atoms with Crippen molar-refractivity contribution >= 4 is 22.1 Å². The van der Waals surface area contributed by atoms with Gasteiger partial charge >= 0.3 is 5.97 Å². The predicted octanol–water partition coefficient (Wildman–Crippen LogP) is 0.494. The number of carboxylic acids is 1. The molecular formula is C12H16N2O5S. The van der Waals surface area contributed by atoms with Gasteiger partial charge in [-0.15, -0.1) is 0 Å². The molecule has 0 saturated heterocycles. The van der Waals surface area contributed by atoms with Crippen LogP contribution < -0.4 is 4.72 Å². The van der Waals surface area contributed by atoms with Crippen LogP contribution in [0.1, 0.15) is 12.5 Å². The monoisotopic (exact) mass is 300 g/mol. The molecule has 20 heavy (non-hydrogen) atoms. The molecule has 0 aliphatic heterocycles. The van der Waals surface area contributed by atoms with Gasteiger partial charge in [0.1, 0.15) is 4.90 Å². The van der Waals surface area contributed by atoms with Gasteiger partial charge in [-0.25, -0.2) is 17.9 Å². The molecule has 7 nitrogen and oxygen atoms in total. The molecule has 2 N–H and O–H groups in total. The highest BCUT2D eigenvalue weighted by Gasteiger charge is 2.13. The van der Waals surface area contributed by atoms with Crippen LogP contribution in [0.3, 0.4) is 0 Å². The predicted molar refractivity (Wildman–Crippen MR) is 72.6 cm³/mol. The molecule has 0 spiro atoms. The summed E-state index contributed by atoms with van der Waals surface area (Å²) < 4.78 is 31.3. The number of nitrogens with one attached hydrogen (secondary N) is 1. The first-order valence-corrected chi connectivity index (χ1v) is 7.37. The fourth-order valence-electron chi connectivity index (χ4n) is 1.32. The number of aromatic nitrogens is 1. The van der Waals surface area contributed by atoms with Crippen molar-refractivity contribution in [3.05, 3.63) is 30.1 Å². The Morgan fingerprint density at radius 2 is 2.25 bits per heavy atom. The van der Waals surface area contributed by atoms with E-state index in [-0.39, 0.29) is 18.0 Å². The minimum Gasteiger partial charge on any atom is -0.478 e. The second-order valence-electron chi connectivity index (χ2n) is 3.72. The zero-order chi connectivity index (χ0) is 15.0. The highest BCUT2D eigenvalue weighted by atomic mass is 32.2. The molecule has 0 aromatic carbocycles. The second-order valence-corrected chi connectivity index (χ2v) is 5.49. The Kier molecular flexibility index (Phi) is 6.29. The number of carboxylic acid groups (broad SMARTS) is 1. The van der Waals surface area contributed by atoms with E-state index < -0.39 is 16.0 Å². The van der Waals surface area contributed by atoms with Crippen LogP contribution in [0.15, 0.2) is 29.4 Å². The number of aliphatic carboxylic acids is 1. The summed E-state index contributed by atoms with van der Waals surface area (Å²) in [7, 11) is -3.68. The fourth-order valence-corrected chi connectivity index (χ4v) is 2.33. The molecule has 0 aliphatic rings. The lowest BCUT2D eigenvalue weighted by atomic mass is 10.2. The van der Waals surface area contributed by atoms with Crippen LogP contribution in [0, 0.1) is 0 Å². The van der Waals surface area contributed by atoms with Gasteiger partial charge in [0, 0.05) is 31.6 Å². The van der Waals surface area contributed by atoms with E-state index in [2.05, 4.69) is 9.71 Å². The summed E-state index contributed by atoms with van der Waals surface area (Å²) in [5.74, 6) is -1.12. The molecule has 1 aromatic heterocycles. The lowest BCUT2D eigenvalue weighted by molar-refractivity contribution is -0.131. The molecule has 1 heterocycles. The van der Waals surface area contributed by atoms with Crippen molar-refractivity contribution in [1.82, 2.24) is 9.71 Å². The van der Waals surface area contributed by atoms with Gasteiger partial charge in [-0.3, -0.25) is 4.98 Å². The minimum atomic E-state index is -3.68. The quantitative estimate of drug-likeness (QED) is 0.535. The molecular weight excluding hydrogens is 284 g/mol. The molecule has 0 saturated carbocycles. The van der Waals surface area contributed by atoms with Crippen LogP contribution >= 0.6 is 0 Å². The summed E-state index contributed by atoms with van der Waals surface area (Å²) in [5, 5.41) is 8.52. The van der Waals surface area contributed by atoms with Crippen LogP contribution in [-0.2, 0) is 19.6 Å². The van der Waals surface area contributed by atoms with Crippen molar-refractivity contribution in [2.24, 2.45) is 0 Å². The third kappa shape index (κ3) is 5.47. The van der Waals surface area contributed by atoms with Gasteiger partial charge in [0.2, 0.25) is 10.0 Å². The van der Waals surface area contributed by atoms with E-state index in [9.17, 15) is 13.2 Å². The van der Waals surface area contributed by atoms with Crippen LogP contribution in [0.2, 0.25) is 0 Å². The molecule has 0 atom stereocenters. The summed E-state index contributed by atoms with van der Waals surface area (Å²) >= 11 is 0. The largest absolute Gasteiger partial charge is 0.478 e. The molecule has 1 aromatic rings. The van der Waals surface area contributed by atoms with Crippen LogP contribution in [-0.4, -0.2) is 44.2 Å². The van der Waals surface area contributed by atoms with Crippen LogP contribution in [0.5, 0.6) is 0 Å². The normalized spacial score (nSPS) is 11.8. The van der Waals surface area contributed by atoms with Crippen LogP contribution in [0.4, 0.5) is 0 Å². The number of rotatable bonds is 8. The Morgan fingerprint density at radius 1 is 1.50 bits per heavy atom. The zero-order valence-corrected chi connectivity index (χ0v) is 11.8. The summed E-state index contributed by atoms with van der Waals surface area (Å²) in [4.78, 5) is 14.2. The van der Waals surface area contributed by atoms with E-state index in [4.69, 9.17) is 9.84 Å². The van der Waals surface area contributed by atoms with E-state index in [1.54, 1.807) is 0 Å². The first kappa shape index (κ1) is 16.3. The van der Waals surface area contributed by atoms with Crippen molar-refractivity contribution in [3.63, 3.8) is 0 Å². The van der Waals surface area contributed by atoms with Gasteiger partial charge in [0.25, 0.3) is 0 Å². The molecule has 110 valence electrons. The number of hydrogen-bond acceptors (Lipinski definition) is 5. The van der Waals surface area contributed by atoms with Crippen LogP contribution in [0.25, 0.3) is 6.08 Å². The average molecular weight is 300 g/mol.